The van der Waals surface area contributed by atoms with E-state index in [-0.39, 0.29) is 27.4 Å². The molecule has 0 aromatic carbocycles. The highest BCUT2D eigenvalue weighted by Gasteiger charge is 2.11. The van der Waals surface area contributed by atoms with Gasteiger partial charge >= 0.3 is 5.97 Å². The summed E-state index contributed by atoms with van der Waals surface area (Å²) in [5.41, 5.74) is 1.27. The normalized spacial score (nSPS) is 10.3. The first-order chi connectivity index (χ1) is 18.3. The third-order valence-corrected chi connectivity index (χ3v) is 5.24. The number of halogens is 3. The molecule has 3 heterocycles. The minimum absolute atomic E-state index is 0.0722. The second-order valence-corrected chi connectivity index (χ2v) is 9.70. The van der Waals surface area contributed by atoms with E-state index in [0.717, 1.165) is 18.4 Å². The first-order valence-electron chi connectivity index (χ1n) is 10.8. The lowest BCUT2D eigenvalue weighted by atomic mass is 10.3. The van der Waals surface area contributed by atoms with Crippen molar-refractivity contribution in [1.82, 2.24) is 29.9 Å². The highest BCUT2D eigenvalue weighted by molar-refractivity contribution is 7.91. The summed E-state index contributed by atoms with van der Waals surface area (Å²) >= 11 is 16.6. The number of ether oxygens (including phenoxy) is 3. The fraction of sp³-hybridized carbons (Fsp3) is 0.381. The highest BCUT2D eigenvalue weighted by Crippen LogP contribution is 2.21. The number of nitrogens with zero attached hydrogens (tertiary/aromatic N) is 6. The zero-order valence-electron chi connectivity index (χ0n) is 21.5. The molecule has 0 aliphatic heterocycles. The number of carbonyl (C=O) groups is 1. The fourth-order valence-corrected chi connectivity index (χ4v) is 3.37. The Morgan fingerprint density at radius 1 is 0.872 bits per heavy atom. The largest absolute Gasteiger partial charge is 0.493 e. The van der Waals surface area contributed by atoms with Gasteiger partial charge in [-0.2, -0.15) is 0 Å². The number of aromatic nitrogens is 6. The van der Waals surface area contributed by atoms with Crippen LogP contribution in [-0.4, -0.2) is 76.5 Å². The SMILES string of the molecule is CCc1nc(Cl)ncc1OC.CCc1nc(NS(C)(=O)=O)ncc1OCC(=O)O.COc1cnc(Cl)nc1Cl. The van der Waals surface area contributed by atoms with Gasteiger partial charge in [0.05, 0.1) is 50.5 Å². The molecule has 3 aromatic heterocycles. The van der Waals surface area contributed by atoms with Crippen molar-refractivity contribution < 1.29 is 32.5 Å². The van der Waals surface area contributed by atoms with Crippen molar-refractivity contribution in [3.05, 3.63) is 45.7 Å². The first-order valence-corrected chi connectivity index (χ1v) is 13.8. The van der Waals surface area contributed by atoms with Gasteiger partial charge in [-0.25, -0.2) is 43.1 Å². The summed E-state index contributed by atoms with van der Waals surface area (Å²) in [5.74, 6) is 0.148. The molecular formula is C21H26Cl3N7O7S. The van der Waals surface area contributed by atoms with Crippen molar-refractivity contribution in [3.63, 3.8) is 0 Å². The van der Waals surface area contributed by atoms with E-state index in [1.54, 1.807) is 20.2 Å². The van der Waals surface area contributed by atoms with Crippen molar-refractivity contribution in [2.75, 3.05) is 31.8 Å². The van der Waals surface area contributed by atoms with Gasteiger partial charge in [0, 0.05) is 0 Å². The monoisotopic (exact) mass is 625 g/mol. The van der Waals surface area contributed by atoms with Crippen molar-refractivity contribution in [2.24, 2.45) is 0 Å². The Bertz CT molecular complexity index is 1350. The molecule has 0 amide bonds. The maximum atomic E-state index is 11.0. The number of aryl methyl sites for hydroxylation is 2. The van der Waals surface area contributed by atoms with Gasteiger partial charge in [0.15, 0.2) is 29.0 Å². The molecule has 0 unspecified atom stereocenters. The first kappa shape index (κ1) is 33.8. The number of carboxylic acid groups (broad SMARTS) is 1. The minimum Gasteiger partial charge on any atom is -0.493 e. The third kappa shape index (κ3) is 12.9. The summed E-state index contributed by atoms with van der Waals surface area (Å²) in [5, 5.41) is 9.10. The Hall–Kier alpha value is -3.27. The zero-order valence-corrected chi connectivity index (χ0v) is 24.6. The van der Waals surface area contributed by atoms with E-state index < -0.39 is 22.6 Å². The molecule has 0 saturated heterocycles. The van der Waals surface area contributed by atoms with E-state index >= 15 is 0 Å². The van der Waals surface area contributed by atoms with Gasteiger partial charge in [0.1, 0.15) is 0 Å². The van der Waals surface area contributed by atoms with Crippen molar-refractivity contribution in [2.45, 2.75) is 26.7 Å². The third-order valence-electron chi connectivity index (χ3n) is 4.05. The van der Waals surface area contributed by atoms with E-state index in [1.807, 2.05) is 6.92 Å². The summed E-state index contributed by atoms with van der Waals surface area (Å²) in [6.45, 7) is 3.26. The number of hydrogen-bond acceptors (Lipinski definition) is 12. The van der Waals surface area contributed by atoms with Gasteiger partial charge in [-0.15, -0.1) is 0 Å². The van der Waals surface area contributed by atoms with Gasteiger partial charge in [0.2, 0.25) is 26.5 Å². The smallest absolute Gasteiger partial charge is 0.341 e. The topological polar surface area (TPSA) is 188 Å². The number of carboxylic acids is 1. The van der Waals surface area contributed by atoms with Crippen LogP contribution in [0.15, 0.2) is 18.6 Å². The number of nitrogens with one attached hydrogen (secondary N) is 1. The molecule has 3 aromatic rings. The lowest BCUT2D eigenvalue weighted by Crippen LogP contribution is -2.15. The molecule has 0 saturated carbocycles. The lowest BCUT2D eigenvalue weighted by molar-refractivity contribution is -0.139. The van der Waals surface area contributed by atoms with Gasteiger partial charge in [-0.05, 0) is 36.0 Å². The summed E-state index contributed by atoms with van der Waals surface area (Å²) in [6, 6.07) is 0. The van der Waals surface area contributed by atoms with Crippen molar-refractivity contribution in [1.29, 1.82) is 0 Å². The van der Waals surface area contributed by atoms with Crippen LogP contribution in [0.5, 0.6) is 17.2 Å². The Morgan fingerprint density at radius 3 is 1.87 bits per heavy atom. The Kier molecular flexibility index (Phi) is 14.4. The lowest BCUT2D eigenvalue weighted by Gasteiger charge is -2.09. The summed E-state index contributed by atoms with van der Waals surface area (Å²) < 4.78 is 38.9. The molecule has 214 valence electrons. The van der Waals surface area contributed by atoms with Gasteiger partial charge in [0.25, 0.3) is 0 Å². The number of sulfonamides is 1. The van der Waals surface area contributed by atoms with E-state index in [4.69, 9.17) is 54.1 Å². The predicted molar refractivity (Wildman–Crippen MR) is 145 cm³/mol. The number of rotatable bonds is 9. The molecule has 2 N–H and O–H groups in total. The van der Waals surface area contributed by atoms with Crippen LogP contribution in [0.25, 0.3) is 0 Å². The molecule has 18 heteroatoms. The Labute approximate surface area is 240 Å². The molecule has 0 bridgehead atoms. The van der Waals surface area contributed by atoms with E-state index in [9.17, 15) is 13.2 Å². The Balaban J connectivity index is 0.000000311. The number of aliphatic carboxylic acids is 1. The van der Waals surface area contributed by atoms with Crippen molar-refractivity contribution >= 4 is 56.7 Å². The number of methoxy groups -OCH3 is 2. The second kappa shape index (κ2) is 16.6. The van der Waals surface area contributed by atoms with E-state index in [1.165, 1.54) is 19.5 Å². The van der Waals surface area contributed by atoms with Crippen LogP contribution in [0.3, 0.4) is 0 Å². The second-order valence-electron chi connectivity index (χ2n) is 6.92. The number of anilines is 1. The molecule has 0 atom stereocenters. The summed E-state index contributed by atoms with van der Waals surface area (Å²) in [6.07, 6.45) is 6.46. The van der Waals surface area contributed by atoms with Gasteiger partial charge in [-0.1, -0.05) is 25.4 Å². The average Bonchev–Trinajstić information content (AvgIpc) is 2.87. The van der Waals surface area contributed by atoms with Gasteiger partial charge in [-0.3, -0.25) is 4.72 Å². The van der Waals surface area contributed by atoms with Crippen LogP contribution in [0.4, 0.5) is 5.95 Å². The maximum Gasteiger partial charge on any atom is 0.341 e. The molecule has 14 nitrogen and oxygen atoms in total. The standard InChI is InChI=1S/C9H13N3O5S.C7H9ClN2O.C5H4Cl2N2O/c1-3-6-7(17-5-8(13)14)4-10-9(11-6)12-18(2,15)16;1-3-5-6(11-2)4-9-7(8)10-5;1-10-3-2-8-5(7)9-4(3)6/h4H,3,5H2,1-2H3,(H,13,14)(H,10,11,12);4H,3H2,1-2H3;2H,1H3. The molecule has 0 fully saturated rings. The molecule has 0 aliphatic rings. The molecule has 39 heavy (non-hydrogen) atoms. The molecule has 0 spiro atoms. The van der Waals surface area contributed by atoms with Gasteiger partial charge < -0.3 is 19.3 Å². The van der Waals surface area contributed by atoms with Crippen LogP contribution >= 0.6 is 34.8 Å². The van der Waals surface area contributed by atoms with E-state index in [0.29, 0.717) is 23.6 Å². The zero-order chi connectivity index (χ0) is 29.6. The van der Waals surface area contributed by atoms with Crippen molar-refractivity contribution in [3.8, 4) is 17.2 Å². The average molecular weight is 627 g/mol. The predicted octanol–water partition coefficient (Wildman–Crippen LogP) is 3.37. The van der Waals surface area contributed by atoms with Crippen LogP contribution in [-0.2, 0) is 27.7 Å². The molecule has 0 radical (unpaired) electrons. The maximum absolute atomic E-state index is 11.0. The van der Waals surface area contributed by atoms with Crippen LogP contribution in [0, 0.1) is 0 Å². The summed E-state index contributed by atoms with van der Waals surface area (Å²) in [7, 11) is -0.377. The highest BCUT2D eigenvalue weighted by atomic mass is 35.5. The number of hydrogen-bond donors (Lipinski definition) is 2. The van der Waals surface area contributed by atoms with E-state index in [2.05, 4.69) is 34.6 Å². The quantitative estimate of drug-likeness (QED) is 0.260. The molecular weight excluding hydrogens is 601 g/mol. The molecule has 3 rings (SSSR count). The van der Waals surface area contributed by atoms with Crippen LogP contribution < -0.4 is 18.9 Å². The van der Waals surface area contributed by atoms with Crippen LogP contribution in [0.1, 0.15) is 25.2 Å². The Morgan fingerprint density at radius 2 is 1.38 bits per heavy atom. The van der Waals surface area contributed by atoms with Crippen LogP contribution in [0.2, 0.25) is 15.7 Å². The fourth-order valence-electron chi connectivity index (χ4n) is 2.41. The minimum atomic E-state index is -3.45. The summed E-state index contributed by atoms with van der Waals surface area (Å²) in [4.78, 5) is 33.1. The molecule has 0 aliphatic carbocycles.